The third-order valence-corrected chi connectivity index (χ3v) is 2.48. The van der Waals surface area contributed by atoms with E-state index in [0.717, 1.165) is 17.7 Å². The summed E-state index contributed by atoms with van der Waals surface area (Å²) in [7, 11) is 1.76. The van der Waals surface area contributed by atoms with Gasteiger partial charge in [-0.3, -0.25) is 4.79 Å². The predicted octanol–water partition coefficient (Wildman–Crippen LogP) is 1.10. The number of carbonyl (C=O) groups is 1. The summed E-state index contributed by atoms with van der Waals surface area (Å²) in [5.74, 6) is 0.926. The molecule has 0 aliphatic heterocycles. The molecule has 14 heavy (non-hydrogen) atoms. The van der Waals surface area contributed by atoms with Gasteiger partial charge in [0.1, 0.15) is 0 Å². The summed E-state index contributed by atoms with van der Waals surface area (Å²) in [4.78, 5) is 13.3. The van der Waals surface area contributed by atoms with Gasteiger partial charge in [-0.2, -0.15) is 11.8 Å². The maximum absolute atomic E-state index is 11.6. The average molecular weight is 216 g/mol. The van der Waals surface area contributed by atoms with E-state index in [9.17, 15) is 4.79 Å². The van der Waals surface area contributed by atoms with Crippen molar-refractivity contribution >= 4 is 17.7 Å². The van der Waals surface area contributed by atoms with E-state index < -0.39 is 0 Å². The van der Waals surface area contributed by atoms with Crippen LogP contribution in [-0.4, -0.2) is 42.4 Å². The zero-order valence-corrected chi connectivity index (χ0v) is 10.1. The van der Waals surface area contributed by atoms with E-state index in [2.05, 4.69) is 6.58 Å². The van der Waals surface area contributed by atoms with Crippen LogP contribution in [-0.2, 0) is 4.79 Å². The first-order chi connectivity index (χ1) is 6.49. The second-order valence-electron chi connectivity index (χ2n) is 3.54. The zero-order chi connectivity index (χ0) is 11.1. The number of nitrogens with two attached hydrogens (primary N) is 1. The van der Waals surface area contributed by atoms with Crippen LogP contribution in [0.15, 0.2) is 12.2 Å². The van der Waals surface area contributed by atoms with Gasteiger partial charge in [0, 0.05) is 13.6 Å². The lowest BCUT2D eigenvalue weighted by atomic mass is 10.2. The number of hydrogen-bond donors (Lipinski definition) is 1. The molecule has 4 heteroatoms. The Morgan fingerprint density at radius 2 is 2.21 bits per heavy atom. The van der Waals surface area contributed by atoms with Crippen LogP contribution in [0.1, 0.15) is 13.3 Å². The molecular weight excluding hydrogens is 196 g/mol. The molecule has 0 radical (unpaired) electrons. The maximum atomic E-state index is 11.6. The molecule has 0 unspecified atom stereocenters. The van der Waals surface area contributed by atoms with Gasteiger partial charge in [0.05, 0.1) is 6.04 Å². The van der Waals surface area contributed by atoms with E-state index in [1.54, 1.807) is 23.7 Å². The lowest BCUT2D eigenvalue weighted by Gasteiger charge is -2.21. The number of thioether (sulfide) groups is 1. The Labute approximate surface area is 90.7 Å². The molecule has 0 fully saturated rings. The number of rotatable bonds is 6. The highest BCUT2D eigenvalue weighted by Gasteiger charge is 2.16. The van der Waals surface area contributed by atoms with Crippen LogP contribution in [0.25, 0.3) is 0 Å². The third-order valence-electron chi connectivity index (χ3n) is 1.83. The van der Waals surface area contributed by atoms with Gasteiger partial charge in [-0.15, -0.1) is 0 Å². The minimum absolute atomic E-state index is 0.00190. The first-order valence-corrected chi connectivity index (χ1v) is 6.02. The zero-order valence-electron chi connectivity index (χ0n) is 9.25. The van der Waals surface area contributed by atoms with Crippen LogP contribution in [0.3, 0.4) is 0 Å². The quantitative estimate of drug-likeness (QED) is 0.676. The summed E-state index contributed by atoms with van der Waals surface area (Å²) in [6.07, 6.45) is 2.75. The monoisotopic (exact) mass is 216 g/mol. The molecule has 0 saturated carbocycles. The fourth-order valence-corrected chi connectivity index (χ4v) is 1.62. The SMILES string of the molecule is C=C(C)CN(C)C(=O)[C@@H](N)CCSC. The van der Waals surface area contributed by atoms with E-state index in [1.165, 1.54) is 0 Å². The van der Waals surface area contributed by atoms with E-state index >= 15 is 0 Å². The van der Waals surface area contributed by atoms with Crippen molar-refractivity contribution in [2.24, 2.45) is 5.73 Å². The predicted molar refractivity (Wildman–Crippen MR) is 63.4 cm³/mol. The summed E-state index contributed by atoms with van der Waals surface area (Å²) in [6.45, 7) is 6.25. The molecule has 0 rings (SSSR count). The lowest BCUT2D eigenvalue weighted by Crippen LogP contribution is -2.42. The van der Waals surface area contributed by atoms with Crippen molar-refractivity contribution in [3.05, 3.63) is 12.2 Å². The van der Waals surface area contributed by atoms with Gasteiger partial charge in [-0.05, 0) is 25.4 Å². The van der Waals surface area contributed by atoms with Crippen LogP contribution in [0.2, 0.25) is 0 Å². The highest BCUT2D eigenvalue weighted by molar-refractivity contribution is 7.98. The lowest BCUT2D eigenvalue weighted by molar-refractivity contribution is -0.130. The molecule has 0 aromatic heterocycles. The fraction of sp³-hybridized carbons (Fsp3) is 0.700. The van der Waals surface area contributed by atoms with Crippen molar-refractivity contribution in [3.8, 4) is 0 Å². The minimum atomic E-state index is -0.369. The number of carbonyl (C=O) groups excluding carboxylic acids is 1. The number of amides is 1. The van der Waals surface area contributed by atoms with Crippen molar-refractivity contribution in [2.45, 2.75) is 19.4 Å². The van der Waals surface area contributed by atoms with Crippen LogP contribution in [0.4, 0.5) is 0 Å². The third kappa shape index (κ3) is 5.29. The van der Waals surface area contributed by atoms with Crippen molar-refractivity contribution in [2.75, 3.05) is 25.6 Å². The van der Waals surface area contributed by atoms with Gasteiger partial charge < -0.3 is 10.6 Å². The molecule has 0 bridgehead atoms. The number of likely N-dealkylation sites (N-methyl/N-ethyl adjacent to an activating group) is 1. The molecule has 1 atom stereocenters. The molecule has 3 nitrogen and oxygen atoms in total. The molecule has 0 aromatic carbocycles. The van der Waals surface area contributed by atoms with Crippen molar-refractivity contribution in [3.63, 3.8) is 0 Å². The summed E-state index contributed by atoms with van der Waals surface area (Å²) < 4.78 is 0. The Balaban J connectivity index is 3.97. The molecule has 0 aliphatic rings. The van der Waals surface area contributed by atoms with Gasteiger partial charge in [-0.25, -0.2) is 0 Å². The summed E-state index contributed by atoms with van der Waals surface area (Å²) >= 11 is 1.70. The normalized spacial score (nSPS) is 12.3. The maximum Gasteiger partial charge on any atom is 0.239 e. The van der Waals surface area contributed by atoms with E-state index in [0.29, 0.717) is 6.54 Å². The largest absolute Gasteiger partial charge is 0.340 e. The Morgan fingerprint density at radius 3 is 2.64 bits per heavy atom. The molecular formula is C10H20N2OS. The van der Waals surface area contributed by atoms with Crippen LogP contribution < -0.4 is 5.73 Å². The van der Waals surface area contributed by atoms with E-state index in [1.807, 2.05) is 13.2 Å². The highest BCUT2D eigenvalue weighted by Crippen LogP contribution is 2.02. The molecule has 0 aromatic rings. The second-order valence-corrected chi connectivity index (χ2v) is 4.52. The first kappa shape index (κ1) is 13.5. The van der Waals surface area contributed by atoms with Crippen molar-refractivity contribution < 1.29 is 4.79 Å². The standard InChI is InChI=1S/C10H20N2OS/c1-8(2)7-12(3)10(13)9(11)5-6-14-4/h9H,1,5-7,11H2,2-4H3/t9-/m0/s1. The highest BCUT2D eigenvalue weighted by atomic mass is 32.2. The summed E-state index contributed by atoms with van der Waals surface area (Å²) in [6, 6.07) is -0.369. The average Bonchev–Trinajstić information content (AvgIpc) is 2.11. The van der Waals surface area contributed by atoms with Crippen molar-refractivity contribution in [1.82, 2.24) is 4.90 Å². The molecule has 2 N–H and O–H groups in total. The molecule has 0 saturated heterocycles. The minimum Gasteiger partial charge on any atom is -0.340 e. The number of nitrogens with zero attached hydrogens (tertiary/aromatic N) is 1. The smallest absolute Gasteiger partial charge is 0.239 e. The Hall–Kier alpha value is -0.480. The van der Waals surface area contributed by atoms with Gasteiger partial charge in [0.2, 0.25) is 5.91 Å². The molecule has 0 aliphatic carbocycles. The Morgan fingerprint density at radius 1 is 1.64 bits per heavy atom. The molecule has 0 spiro atoms. The topological polar surface area (TPSA) is 46.3 Å². The summed E-state index contributed by atoms with van der Waals surface area (Å²) in [5.41, 5.74) is 6.72. The van der Waals surface area contributed by atoms with Crippen LogP contribution >= 0.6 is 11.8 Å². The number of hydrogen-bond acceptors (Lipinski definition) is 3. The van der Waals surface area contributed by atoms with Crippen LogP contribution in [0.5, 0.6) is 0 Å². The van der Waals surface area contributed by atoms with E-state index in [4.69, 9.17) is 5.73 Å². The van der Waals surface area contributed by atoms with Gasteiger partial charge in [-0.1, -0.05) is 12.2 Å². The fourth-order valence-electron chi connectivity index (χ4n) is 1.13. The second kappa shape index (κ2) is 6.90. The van der Waals surface area contributed by atoms with Crippen LogP contribution in [0, 0.1) is 0 Å². The van der Waals surface area contributed by atoms with Crippen molar-refractivity contribution in [1.29, 1.82) is 0 Å². The molecule has 1 amide bonds. The Kier molecular flexibility index (Phi) is 6.66. The van der Waals surface area contributed by atoms with Gasteiger partial charge in [0.25, 0.3) is 0 Å². The molecule has 82 valence electrons. The first-order valence-electron chi connectivity index (χ1n) is 4.63. The Bertz CT molecular complexity index is 206. The van der Waals surface area contributed by atoms with Gasteiger partial charge >= 0.3 is 0 Å². The van der Waals surface area contributed by atoms with Gasteiger partial charge in [0.15, 0.2) is 0 Å². The summed E-state index contributed by atoms with van der Waals surface area (Å²) in [5, 5.41) is 0. The molecule has 0 heterocycles. The van der Waals surface area contributed by atoms with E-state index in [-0.39, 0.29) is 11.9 Å².